The lowest BCUT2D eigenvalue weighted by Gasteiger charge is -2.27. The first-order valence-electron chi connectivity index (χ1n) is 13.9. The van der Waals surface area contributed by atoms with E-state index >= 15 is 0 Å². The summed E-state index contributed by atoms with van der Waals surface area (Å²) in [5.74, 6) is -1.73. The highest BCUT2D eigenvalue weighted by Gasteiger charge is 2.31. The van der Waals surface area contributed by atoms with Crippen LogP contribution in [0.3, 0.4) is 0 Å². The molecule has 2 aromatic rings. The van der Waals surface area contributed by atoms with Gasteiger partial charge in [0.25, 0.3) is 5.91 Å². The summed E-state index contributed by atoms with van der Waals surface area (Å²) in [6.45, 7) is 6.06. The maximum Gasteiger partial charge on any atom is 0.351 e. The van der Waals surface area contributed by atoms with Gasteiger partial charge in [-0.1, -0.05) is 54.6 Å². The minimum absolute atomic E-state index is 0.0333. The molecule has 0 aliphatic carbocycles. The molecule has 1 heterocycles. The number of carbonyl (C=O) groups excluding carboxylic acids is 2. The van der Waals surface area contributed by atoms with Crippen molar-refractivity contribution in [3.05, 3.63) is 83.4 Å². The zero-order chi connectivity index (χ0) is 29.0. The summed E-state index contributed by atoms with van der Waals surface area (Å²) in [7, 11) is -3.57. The fraction of sp³-hybridized carbons (Fsp3) is 0.467. The fourth-order valence-electron chi connectivity index (χ4n) is 4.58. The molecule has 1 aliphatic rings. The van der Waals surface area contributed by atoms with Crippen LogP contribution in [-0.2, 0) is 36.0 Å². The predicted molar refractivity (Wildman–Crippen MR) is 156 cm³/mol. The molecular formula is C30H42N3O6P. The molecule has 10 heteroatoms. The number of amides is 1. The van der Waals surface area contributed by atoms with E-state index in [0.29, 0.717) is 51.1 Å². The number of rotatable bonds is 15. The number of aryl methyl sites for hydroxylation is 1. The van der Waals surface area contributed by atoms with Crippen molar-refractivity contribution in [2.24, 2.45) is 17.4 Å². The van der Waals surface area contributed by atoms with Crippen LogP contribution in [0, 0.1) is 5.92 Å². The van der Waals surface area contributed by atoms with Crippen molar-refractivity contribution < 1.29 is 27.9 Å². The summed E-state index contributed by atoms with van der Waals surface area (Å²) in [4.78, 5) is 28.1. The predicted octanol–water partition coefficient (Wildman–Crippen LogP) is 3.95. The van der Waals surface area contributed by atoms with E-state index in [9.17, 15) is 14.2 Å². The monoisotopic (exact) mass is 571 g/mol. The largest absolute Gasteiger partial charge is 0.378 e. The van der Waals surface area contributed by atoms with Gasteiger partial charge in [-0.05, 0) is 56.4 Å². The van der Waals surface area contributed by atoms with Gasteiger partial charge >= 0.3 is 7.60 Å². The molecule has 40 heavy (non-hydrogen) atoms. The molecule has 0 spiro atoms. The zero-order valence-electron chi connectivity index (χ0n) is 23.4. The number of benzene rings is 2. The van der Waals surface area contributed by atoms with E-state index in [0.717, 1.165) is 11.1 Å². The molecule has 3 rings (SSSR count). The number of nitrogens with zero attached hydrogens (tertiary/aromatic N) is 1. The Morgan fingerprint density at radius 1 is 0.950 bits per heavy atom. The minimum atomic E-state index is -3.57. The van der Waals surface area contributed by atoms with Crippen LogP contribution < -0.4 is 11.5 Å². The van der Waals surface area contributed by atoms with Gasteiger partial charge in [0.1, 0.15) is 5.78 Å². The number of nitrogens with two attached hydrogens (primary N) is 2. The number of Topliss-reactive ketones (excluding diaryl/α,β-unsaturated/α-hetero) is 1. The van der Waals surface area contributed by atoms with Crippen LogP contribution in [0.2, 0.25) is 0 Å². The fourth-order valence-corrected chi connectivity index (χ4v) is 6.03. The second-order valence-corrected chi connectivity index (χ2v) is 11.9. The van der Waals surface area contributed by atoms with Crippen molar-refractivity contribution in [3.63, 3.8) is 0 Å². The zero-order valence-corrected chi connectivity index (χ0v) is 24.3. The Hall–Kier alpha value is -2.65. The van der Waals surface area contributed by atoms with Crippen molar-refractivity contribution in [3.8, 4) is 0 Å². The molecule has 218 valence electrons. The summed E-state index contributed by atoms with van der Waals surface area (Å²) in [6, 6.07) is 16.3. The van der Waals surface area contributed by atoms with Crippen LogP contribution >= 0.6 is 7.60 Å². The number of morpholine rings is 1. The van der Waals surface area contributed by atoms with Crippen molar-refractivity contribution in [1.82, 2.24) is 4.90 Å². The van der Waals surface area contributed by atoms with E-state index in [1.54, 1.807) is 43.0 Å². The van der Waals surface area contributed by atoms with Gasteiger partial charge in [0, 0.05) is 24.6 Å². The van der Waals surface area contributed by atoms with E-state index in [4.69, 9.17) is 25.3 Å². The first-order chi connectivity index (χ1) is 19.3. The molecule has 4 N–H and O–H groups in total. The van der Waals surface area contributed by atoms with Gasteiger partial charge in [0.05, 0.1) is 32.5 Å². The van der Waals surface area contributed by atoms with Crippen LogP contribution in [-0.4, -0.2) is 67.9 Å². The smallest absolute Gasteiger partial charge is 0.351 e. The SMILES string of the molecule is CCOP(=O)(OCC)[C@H](N)/C=C/C(CCc1ccccc1)C(=O)[C@@H](N)Cc1ccc(C(=O)N2CCOCC2)cc1. The molecule has 0 radical (unpaired) electrons. The van der Waals surface area contributed by atoms with Gasteiger partial charge in [0.2, 0.25) is 0 Å². The lowest BCUT2D eigenvalue weighted by atomic mass is 9.89. The third-order valence-electron chi connectivity index (χ3n) is 6.80. The van der Waals surface area contributed by atoms with Gasteiger partial charge in [-0.3, -0.25) is 14.2 Å². The van der Waals surface area contributed by atoms with Gasteiger partial charge in [-0.2, -0.15) is 0 Å². The van der Waals surface area contributed by atoms with Gasteiger partial charge in [-0.25, -0.2) is 0 Å². The average Bonchev–Trinajstić information content (AvgIpc) is 2.98. The van der Waals surface area contributed by atoms with E-state index in [1.807, 2.05) is 42.5 Å². The Labute approximate surface area is 237 Å². The van der Waals surface area contributed by atoms with Crippen molar-refractivity contribution >= 4 is 19.3 Å². The Balaban J connectivity index is 1.70. The minimum Gasteiger partial charge on any atom is -0.378 e. The van der Waals surface area contributed by atoms with Crippen LogP contribution in [0.1, 0.15) is 41.8 Å². The molecule has 0 bridgehead atoms. The van der Waals surface area contributed by atoms with Crippen molar-refractivity contribution in [1.29, 1.82) is 0 Å². The average molecular weight is 572 g/mol. The summed E-state index contributed by atoms with van der Waals surface area (Å²) < 4.78 is 29.1. The standard InChI is InChI=1S/C30H42N3O6P/c1-3-38-40(36,39-4-2)28(32)17-16-25(13-10-23-8-6-5-7-9-23)29(34)27(31)22-24-11-14-26(15-12-24)30(35)33-18-20-37-21-19-33/h5-9,11-12,14-17,25,27-28H,3-4,10,13,18-22,31-32H2,1-2H3/b17-16+/t25?,27-,28-/m0/s1. The third kappa shape index (κ3) is 9.20. The number of hydrogen-bond donors (Lipinski definition) is 2. The highest BCUT2D eigenvalue weighted by atomic mass is 31.2. The summed E-state index contributed by atoms with van der Waals surface area (Å²) >= 11 is 0. The van der Waals surface area contributed by atoms with Crippen molar-refractivity contribution in [2.75, 3.05) is 39.5 Å². The molecule has 0 aromatic heterocycles. The molecule has 3 atom stereocenters. The molecule has 2 aromatic carbocycles. The van der Waals surface area contributed by atoms with E-state index in [1.165, 1.54) is 0 Å². The third-order valence-corrected chi connectivity index (χ3v) is 8.93. The van der Waals surface area contributed by atoms with Gasteiger partial charge < -0.3 is 30.2 Å². The second-order valence-electron chi connectivity index (χ2n) is 9.70. The maximum atomic E-state index is 13.5. The highest BCUT2D eigenvalue weighted by Crippen LogP contribution is 2.51. The number of allylic oxidation sites excluding steroid dienone is 1. The number of hydrogen-bond acceptors (Lipinski definition) is 8. The van der Waals surface area contributed by atoms with Crippen LogP contribution in [0.5, 0.6) is 0 Å². The molecule has 1 amide bonds. The quantitative estimate of drug-likeness (QED) is 0.242. The topological polar surface area (TPSA) is 134 Å². The van der Waals surface area contributed by atoms with E-state index in [-0.39, 0.29) is 24.9 Å². The molecule has 1 saturated heterocycles. The Kier molecular flexibility index (Phi) is 12.7. The Morgan fingerprint density at radius 3 is 2.17 bits per heavy atom. The number of ether oxygens (including phenoxy) is 1. The van der Waals surface area contributed by atoms with Crippen LogP contribution in [0.15, 0.2) is 66.7 Å². The van der Waals surface area contributed by atoms with Crippen LogP contribution in [0.25, 0.3) is 0 Å². The summed E-state index contributed by atoms with van der Waals surface area (Å²) in [6.07, 6.45) is 4.72. The molecular weight excluding hydrogens is 529 g/mol. The molecule has 1 fully saturated rings. The Bertz CT molecular complexity index is 1140. The van der Waals surface area contributed by atoms with Gasteiger partial charge in [0.15, 0.2) is 5.78 Å². The normalized spacial score (nSPS) is 16.6. The molecule has 0 saturated carbocycles. The number of carbonyl (C=O) groups is 2. The number of ketones is 1. The van der Waals surface area contributed by atoms with Crippen LogP contribution in [0.4, 0.5) is 0 Å². The summed E-state index contributed by atoms with van der Waals surface area (Å²) in [5, 5.41) is 0. The first kappa shape index (κ1) is 31.9. The van der Waals surface area contributed by atoms with E-state index in [2.05, 4.69) is 0 Å². The first-order valence-corrected chi connectivity index (χ1v) is 15.5. The lowest BCUT2D eigenvalue weighted by molar-refractivity contribution is -0.122. The van der Waals surface area contributed by atoms with Crippen molar-refractivity contribution in [2.45, 2.75) is 44.9 Å². The lowest BCUT2D eigenvalue weighted by Crippen LogP contribution is -2.40. The maximum absolute atomic E-state index is 13.5. The van der Waals surface area contributed by atoms with E-state index < -0.39 is 25.3 Å². The summed E-state index contributed by atoms with van der Waals surface area (Å²) in [5.41, 5.74) is 15.2. The molecule has 1 unspecified atom stereocenters. The second kappa shape index (κ2) is 16.0. The molecule has 9 nitrogen and oxygen atoms in total. The molecule has 1 aliphatic heterocycles. The Morgan fingerprint density at radius 2 is 1.57 bits per heavy atom. The van der Waals surface area contributed by atoms with Gasteiger partial charge in [-0.15, -0.1) is 0 Å². The highest BCUT2D eigenvalue weighted by molar-refractivity contribution is 7.54.